The van der Waals surface area contributed by atoms with Crippen LogP contribution < -0.4 is 76.1 Å². The predicted octanol–water partition coefficient (Wildman–Crippen LogP) is -3.24. The van der Waals surface area contributed by atoms with Gasteiger partial charge in [0, 0.05) is 55.2 Å². The second kappa shape index (κ2) is 39.2. The van der Waals surface area contributed by atoms with Crippen LogP contribution in [0.2, 0.25) is 0 Å². The van der Waals surface area contributed by atoms with Gasteiger partial charge in [0.2, 0.25) is 76.8 Å². The van der Waals surface area contributed by atoms with Gasteiger partial charge < -0.3 is 101 Å². The molecule has 0 aliphatic carbocycles. The topological polar surface area (TPSA) is 538 Å². The van der Waals surface area contributed by atoms with Crippen LogP contribution in [0.15, 0.2) is 90.1 Å². The fourth-order valence-electron chi connectivity index (χ4n) is 11.8. The summed E-state index contributed by atoms with van der Waals surface area (Å²) in [6, 6.07) is 3.57. The molecule has 2 aliphatic rings. The van der Waals surface area contributed by atoms with Crippen molar-refractivity contribution in [1.29, 1.82) is 0 Å². The quantitative estimate of drug-likeness (QED) is 0.0249. The van der Waals surface area contributed by atoms with Crippen molar-refractivity contribution in [1.82, 2.24) is 63.1 Å². The molecule has 103 heavy (non-hydrogen) atoms. The Balaban J connectivity index is 1.43. The van der Waals surface area contributed by atoms with Crippen molar-refractivity contribution in [3.05, 3.63) is 102 Å². The highest BCUT2D eigenvalue weighted by Gasteiger charge is 2.44. The van der Waals surface area contributed by atoms with Crippen molar-refractivity contribution in [3.63, 3.8) is 0 Å². The number of phenolic OH excluding ortho intramolecular Hbond substituents is 1. The molecule has 0 saturated carbocycles. The van der Waals surface area contributed by atoms with Crippen LogP contribution in [0, 0.1) is 11.8 Å². The average molecular weight is 1450 g/mol. The number of amides is 13. The maximum absolute atomic E-state index is 15.0. The van der Waals surface area contributed by atoms with Gasteiger partial charge in [0.15, 0.2) is 5.96 Å². The lowest BCUT2D eigenvalue weighted by molar-refractivity contribution is -0.145. The maximum atomic E-state index is 15.0. The minimum atomic E-state index is -1.87. The molecule has 2 saturated heterocycles. The predicted molar refractivity (Wildman–Crippen MR) is 381 cm³/mol. The number of carbonyl (C=O) groups excluding carboxylic acids is 13. The van der Waals surface area contributed by atoms with Crippen LogP contribution in [0.1, 0.15) is 103 Å². The van der Waals surface area contributed by atoms with Crippen molar-refractivity contribution in [2.45, 2.75) is 184 Å². The van der Waals surface area contributed by atoms with Gasteiger partial charge in [-0.3, -0.25) is 67.3 Å². The lowest BCUT2D eigenvalue weighted by Crippen LogP contribution is -2.63. The number of hydrogen-bond acceptors (Lipinski definition) is 18. The Hall–Kier alpha value is -10.4. The molecule has 0 spiro atoms. The van der Waals surface area contributed by atoms with Crippen LogP contribution in [0.5, 0.6) is 5.75 Å². The summed E-state index contributed by atoms with van der Waals surface area (Å²) in [5, 5.41) is 58.9. The van der Waals surface area contributed by atoms with Crippen molar-refractivity contribution >= 4 is 105 Å². The summed E-state index contributed by atoms with van der Waals surface area (Å²) in [6.45, 7) is 8.91. The third kappa shape index (κ3) is 24.1. The number of fused-ring (bicyclic) bond motifs is 2. The summed E-state index contributed by atoms with van der Waals surface area (Å²) in [4.78, 5) is 195. The number of nitrogens with zero attached hydrogens (tertiary/aromatic N) is 2. The van der Waals surface area contributed by atoms with Gasteiger partial charge in [-0.1, -0.05) is 101 Å². The number of rotatable bonds is 19. The summed E-state index contributed by atoms with van der Waals surface area (Å²) in [7, 11) is 0. The molecule has 6 rings (SSSR count). The highest BCUT2D eigenvalue weighted by molar-refractivity contribution is 8.00. The van der Waals surface area contributed by atoms with Gasteiger partial charge in [0.05, 0.1) is 24.4 Å². The van der Waals surface area contributed by atoms with Crippen LogP contribution in [-0.4, -0.2) is 211 Å². The van der Waals surface area contributed by atoms with Gasteiger partial charge in [-0.25, -0.2) is 0 Å². The van der Waals surface area contributed by atoms with Gasteiger partial charge >= 0.3 is 0 Å². The van der Waals surface area contributed by atoms with E-state index in [1.54, 1.807) is 88.5 Å². The molecule has 0 bridgehead atoms. The van der Waals surface area contributed by atoms with Gasteiger partial charge in [0.1, 0.15) is 72.2 Å². The molecule has 560 valence electrons. The Morgan fingerprint density at radius 2 is 1.06 bits per heavy atom. The van der Waals surface area contributed by atoms with E-state index in [1.807, 2.05) is 0 Å². The molecule has 1 aromatic heterocycles. The molecule has 4 aromatic rings. The monoisotopic (exact) mass is 1450 g/mol. The summed E-state index contributed by atoms with van der Waals surface area (Å²) in [5.41, 5.74) is 24.9. The second-order valence-corrected chi connectivity index (χ2v) is 27.0. The summed E-state index contributed by atoms with van der Waals surface area (Å²) in [6.07, 6.45) is -2.70. The lowest BCUT2D eigenvalue weighted by atomic mass is 9.96. The SMILES string of the molecule is CC[C@H](C)[C@@H]1NC(=O)[C@H](CC(N)=O)NC(=O)[C@H](Cc2c[nH]c3ccccc23)NC(=O)[C@H]([C@@H](C)CC)NC(=O)[C@@H]2CCCN2C(=O)[C@H]([C@@H](C)O)NC(=O)[C@H]([C@@H](C)O)NC(=O)[C@H](Cc2ccc(O)cc2)NC(=O)CSC[C@@H](C(N)=O)NC(=O)[C@H](Cc2ccccc2)NC(=O)[C@H](CCCN=C(N)N)NC1=O. The Labute approximate surface area is 599 Å². The van der Waals surface area contributed by atoms with Crippen LogP contribution >= 0.6 is 11.8 Å². The fraction of sp³-hybridized carbons (Fsp3) is 0.507. The number of nitrogens with two attached hydrogens (primary N) is 4. The first-order valence-electron chi connectivity index (χ1n) is 34.2. The number of aromatic nitrogens is 1. The van der Waals surface area contributed by atoms with E-state index in [0.29, 0.717) is 27.6 Å². The second-order valence-electron chi connectivity index (χ2n) is 26.0. The molecule has 33 nitrogen and oxygen atoms in total. The van der Waals surface area contributed by atoms with E-state index in [1.165, 1.54) is 31.2 Å². The van der Waals surface area contributed by atoms with E-state index in [4.69, 9.17) is 22.9 Å². The number of aliphatic hydroxyl groups is 2. The number of benzene rings is 3. The maximum Gasteiger partial charge on any atom is 0.248 e. The zero-order chi connectivity index (χ0) is 75.8. The number of nitrogens with one attached hydrogen (secondary N) is 11. The Kier molecular flexibility index (Phi) is 31.0. The van der Waals surface area contributed by atoms with E-state index < -0.39 is 179 Å². The highest BCUT2D eigenvalue weighted by atomic mass is 32.2. The number of primary amides is 2. The van der Waals surface area contributed by atoms with E-state index in [-0.39, 0.29) is 88.3 Å². The minimum absolute atomic E-state index is 0.0366. The molecule has 15 atom stereocenters. The number of aliphatic hydroxyl groups excluding tert-OH is 2. The van der Waals surface area contributed by atoms with Crippen molar-refractivity contribution in [2.75, 3.05) is 24.6 Å². The molecule has 0 unspecified atom stereocenters. The van der Waals surface area contributed by atoms with Crippen LogP contribution in [0.3, 0.4) is 0 Å². The zero-order valence-corrected chi connectivity index (χ0v) is 59.2. The molecule has 2 aliphatic heterocycles. The number of phenols is 1. The number of aromatic amines is 1. The lowest BCUT2D eigenvalue weighted by Gasteiger charge is -2.33. The van der Waals surface area contributed by atoms with E-state index in [0.717, 1.165) is 23.6 Å². The largest absolute Gasteiger partial charge is 0.508 e. The summed E-state index contributed by atoms with van der Waals surface area (Å²) in [5.74, 6) is -15.4. The number of carbonyl (C=O) groups is 13. The Bertz CT molecular complexity index is 3690. The van der Waals surface area contributed by atoms with Crippen LogP contribution in [-0.2, 0) is 81.6 Å². The van der Waals surface area contributed by atoms with Crippen molar-refractivity contribution in [2.24, 2.45) is 39.8 Å². The molecule has 13 amide bonds. The van der Waals surface area contributed by atoms with Gasteiger partial charge in [-0.2, -0.15) is 0 Å². The van der Waals surface area contributed by atoms with E-state index >= 15 is 0 Å². The first kappa shape index (κ1) is 81.6. The van der Waals surface area contributed by atoms with Crippen LogP contribution in [0.25, 0.3) is 10.9 Å². The average Bonchev–Trinajstić information content (AvgIpc) is 1.75. The molecular formula is C69H97N17O16S. The molecule has 3 heterocycles. The molecule has 0 radical (unpaired) electrons. The first-order valence-corrected chi connectivity index (χ1v) is 35.3. The van der Waals surface area contributed by atoms with Crippen molar-refractivity contribution in [3.8, 4) is 5.75 Å². The molecule has 22 N–H and O–H groups in total. The van der Waals surface area contributed by atoms with Crippen molar-refractivity contribution < 1.29 is 77.6 Å². The highest BCUT2D eigenvalue weighted by Crippen LogP contribution is 2.24. The number of H-pyrrole nitrogens is 1. The summed E-state index contributed by atoms with van der Waals surface area (Å²) < 4.78 is 0. The zero-order valence-electron chi connectivity index (χ0n) is 58.4. The fourth-order valence-corrected chi connectivity index (χ4v) is 12.6. The van der Waals surface area contributed by atoms with Gasteiger partial charge in [-0.05, 0) is 86.3 Å². The van der Waals surface area contributed by atoms with E-state index in [9.17, 15) is 77.6 Å². The third-order valence-electron chi connectivity index (χ3n) is 18.0. The normalized spacial score (nSPS) is 25.2. The number of guanidine groups is 1. The number of hydrogen-bond donors (Lipinski definition) is 18. The molecule has 34 heteroatoms. The standard InChI is InChI=1S/C69H97N17O16S/c1-7-35(3)54-65(99)77-45(20-14-26-74-69(72)73)59(93)78-47(28-39-16-10-9-11-17-39)60(94)81-50(58(71)92)33-103-34-53(91)76-46(29-40-22-24-42(89)25-23-40)62(96)84-56(37(5)87)67(101)85-57(38(6)88)68(102)86-27-15-21-51(86)64(98)83-55(36(4)8-2)66(100)80-48(30-41-32-75-44-19-13-12-18-43(41)44)61(95)79-49(31-52(70)90)63(97)82-54/h9-13,16-19,22-25,32,35-38,45-51,54-57,75,87-89H,7-8,14-15,20-21,26-31,33-34H2,1-6H3,(H2,70,90)(H2,71,92)(H,76,91)(H,77,99)(H,78,93)(H,79,95)(H,80,100)(H,81,94)(H,82,97)(H,83,98)(H,84,96)(H,85,101)(H4,72,73,74)/t35-,36-,37+,38+,45-,46-,47-,48-,49-,50-,51-,54-,55-,56-,57-/m0/s1. The molecule has 2 fully saturated rings. The third-order valence-corrected chi connectivity index (χ3v) is 19.0. The van der Waals surface area contributed by atoms with E-state index in [2.05, 4.69) is 63.1 Å². The van der Waals surface area contributed by atoms with Crippen LogP contribution in [0.4, 0.5) is 0 Å². The van der Waals surface area contributed by atoms with Gasteiger partial charge in [0.25, 0.3) is 0 Å². The Morgan fingerprint density at radius 3 is 1.66 bits per heavy atom. The van der Waals surface area contributed by atoms with Gasteiger partial charge in [-0.15, -0.1) is 11.8 Å². The molecular weight excluding hydrogens is 1350 g/mol. The number of thioether (sulfide) groups is 1. The number of aromatic hydroxyl groups is 1. The Morgan fingerprint density at radius 1 is 0.563 bits per heavy atom. The first-order chi connectivity index (χ1) is 48.9. The smallest absolute Gasteiger partial charge is 0.248 e. The number of aliphatic imine (C=N–C) groups is 1. The minimum Gasteiger partial charge on any atom is -0.508 e. The molecule has 3 aromatic carbocycles. The number of para-hydroxylation sites is 1. The summed E-state index contributed by atoms with van der Waals surface area (Å²) >= 11 is 0.795.